The molecule has 0 N–H and O–H groups in total. The second-order valence-electron chi connectivity index (χ2n) is 18.7. The molecule has 8 aromatic rings. The number of hydrogen-bond acceptors (Lipinski definition) is 7. The van der Waals surface area contributed by atoms with E-state index in [0.29, 0.717) is 50.5 Å². The predicted molar refractivity (Wildman–Crippen MR) is 279 cm³/mol. The molecule has 10 rings (SSSR count). The van der Waals surface area contributed by atoms with Crippen LogP contribution in [-0.2, 0) is 0 Å². The number of rotatable bonds is 9. The zero-order valence-electron chi connectivity index (χ0n) is 42.0. The maximum atomic E-state index is 15.0. The van der Waals surface area contributed by atoms with Crippen molar-refractivity contribution >= 4 is 33.7 Å². The summed E-state index contributed by atoms with van der Waals surface area (Å²) in [4.78, 5) is 27.5. The van der Waals surface area contributed by atoms with Gasteiger partial charge in [0.1, 0.15) is 17.2 Å². The van der Waals surface area contributed by atoms with E-state index in [1.807, 2.05) is 85.1 Å². The fraction of sp³-hybridized carbons (Fsp3) is 0.397. The van der Waals surface area contributed by atoms with Crippen LogP contribution < -0.4 is 0 Å². The predicted octanol–water partition coefficient (Wildman–Crippen LogP) is 16.1. The molecule has 2 aromatic carbocycles. The lowest BCUT2D eigenvalue weighted by molar-refractivity contribution is 0.443. The quantitative estimate of drug-likeness (QED) is 0.142. The third-order valence-electron chi connectivity index (χ3n) is 13.5. The number of nitrogens with zero attached hydrogens (tertiary/aromatic N) is 8. The summed E-state index contributed by atoms with van der Waals surface area (Å²) in [6.07, 6.45) is 19.1. The molecular formula is C58H67ClF2N8. The van der Waals surface area contributed by atoms with Gasteiger partial charge in [-0.05, 0) is 175 Å². The van der Waals surface area contributed by atoms with Crippen molar-refractivity contribution in [3.8, 4) is 22.4 Å². The van der Waals surface area contributed by atoms with Gasteiger partial charge < -0.3 is 0 Å². The maximum Gasteiger partial charge on any atom is 0.179 e. The van der Waals surface area contributed by atoms with Gasteiger partial charge in [0.05, 0.1) is 34.8 Å². The molecule has 11 heteroatoms. The van der Waals surface area contributed by atoms with Gasteiger partial charge in [-0.15, -0.1) is 0 Å². The Balaban J connectivity index is 0.000000169. The van der Waals surface area contributed by atoms with E-state index < -0.39 is 0 Å². The second kappa shape index (κ2) is 23.1. The highest BCUT2D eigenvalue weighted by molar-refractivity contribution is 6.30. The highest BCUT2D eigenvalue weighted by Crippen LogP contribution is 2.39. The Labute approximate surface area is 412 Å². The monoisotopic (exact) mass is 949 g/mol. The summed E-state index contributed by atoms with van der Waals surface area (Å²) < 4.78 is 31.3. The van der Waals surface area contributed by atoms with E-state index in [0.717, 1.165) is 69.3 Å². The smallest absolute Gasteiger partial charge is 0.179 e. The Bertz CT molecular complexity index is 3030. The first-order chi connectivity index (χ1) is 33.3. The van der Waals surface area contributed by atoms with Crippen molar-refractivity contribution in [3.63, 3.8) is 0 Å². The van der Waals surface area contributed by atoms with E-state index in [2.05, 4.69) is 63.8 Å². The minimum absolute atomic E-state index is 0.196. The molecule has 2 aliphatic rings. The van der Waals surface area contributed by atoms with Crippen LogP contribution in [0.1, 0.15) is 160 Å². The summed E-state index contributed by atoms with van der Waals surface area (Å²) in [6.45, 7) is 20.2. The first-order valence-corrected chi connectivity index (χ1v) is 25.2. The van der Waals surface area contributed by atoms with Gasteiger partial charge in [0, 0.05) is 68.7 Å². The molecule has 0 radical (unpaired) electrons. The Hall–Kier alpha value is -6.00. The van der Waals surface area contributed by atoms with Crippen molar-refractivity contribution in [2.45, 2.75) is 151 Å². The summed E-state index contributed by atoms with van der Waals surface area (Å²) >= 11 is 6.03. The minimum atomic E-state index is -0.375. The van der Waals surface area contributed by atoms with Gasteiger partial charge in [-0.1, -0.05) is 64.6 Å². The molecule has 2 aliphatic carbocycles. The van der Waals surface area contributed by atoms with Crippen LogP contribution in [0.5, 0.6) is 0 Å². The average molecular weight is 950 g/mol. The third kappa shape index (κ3) is 12.4. The van der Waals surface area contributed by atoms with Crippen LogP contribution in [0.4, 0.5) is 8.78 Å². The number of pyridine rings is 4. The zero-order chi connectivity index (χ0) is 49.4. The lowest BCUT2D eigenvalue weighted by atomic mass is 9.84. The largest absolute Gasteiger partial charge is 0.269 e. The van der Waals surface area contributed by atoms with Gasteiger partial charge in [0.25, 0.3) is 0 Å². The first kappa shape index (κ1) is 50.9. The van der Waals surface area contributed by atoms with Gasteiger partial charge in [0.15, 0.2) is 5.65 Å². The van der Waals surface area contributed by atoms with E-state index >= 15 is 4.39 Å². The van der Waals surface area contributed by atoms with Crippen molar-refractivity contribution in [1.82, 2.24) is 39.7 Å². The van der Waals surface area contributed by atoms with Crippen LogP contribution in [0.2, 0.25) is 5.02 Å². The third-order valence-corrected chi connectivity index (χ3v) is 13.8. The summed E-state index contributed by atoms with van der Waals surface area (Å²) in [7, 11) is 0. The molecule has 2 saturated carbocycles. The molecule has 69 heavy (non-hydrogen) atoms. The van der Waals surface area contributed by atoms with E-state index in [4.69, 9.17) is 26.6 Å². The van der Waals surface area contributed by atoms with Crippen molar-refractivity contribution in [3.05, 3.63) is 159 Å². The molecular weight excluding hydrogens is 882 g/mol. The molecule has 0 spiro atoms. The Kier molecular flexibility index (Phi) is 17.0. The average Bonchev–Trinajstić information content (AvgIpc) is 4.08. The van der Waals surface area contributed by atoms with E-state index in [1.54, 1.807) is 24.4 Å². The number of aromatic nitrogens is 8. The summed E-state index contributed by atoms with van der Waals surface area (Å²) in [6, 6.07) is 20.8. The normalized spacial score (nSPS) is 14.5. The molecule has 0 bridgehead atoms. The first-order valence-electron chi connectivity index (χ1n) is 24.8. The molecule has 2 unspecified atom stereocenters. The zero-order valence-corrected chi connectivity index (χ0v) is 42.8. The van der Waals surface area contributed by atoms with Crippen LogP contribution >= 0.6 is 11.6 Å². The molecule has 2 atom stereocenters. The lowest BCUT2D eigenvalue weighted by Crippen LogP contribution is -2.08. The van der Waals surface area contributed by atoms with Crippen molar-refractivity contribution in [2.75, 3.05) is 0 Å². The van der Waals surface area contributed by atoms with Crippen LogP contribution in [0.25, 0.3) is 44.5 Å². The van der Waals surface area contributed by atoms with Gasteiger partial charge in [0.2, 0.25) is 0 Å². The fourth-order valence-corrected chi connectivity index (χ4v) is 9.28. The van der Waals surface area contributed by atoms with E-state index in [9.17, 15) is 4.39 Å². The molecule has 8 nitrogen and oxygen atoms in total. The molecule has 0 saturated heterocycles. The molecule has 2 fully saturated rings. The molecule has 360 valence electrons. The summed E-state index contributed by atoms with van der Waals surface area (Å²) in [5, 5.41) is 5.82. The van der Waals surface area contributed by atoms with Gasteiger partial charge in [-0.25, -0.2) is 23.7 Å². The molecule has 6 aromatic heterocycles. The fourth-order valence-electron chi connectivity index (χ4n) is 9.13. The number of halogens is 3. The summed E-state index contributed by atoms with van der Waals surface area (Å²) in [5.74, 6) is 0.719. The summed E-state index contributed by atoms with van der Waals surface area (Å²) in [5.41, 5.74) is 13.8. The molecule has 6 heterocycles. The number of fused-ring (bicyclic) bond motifs is 2. The minimum Gasteiger partial charge on any atom is -0.269 e. The highest BCUT2D eigenvalue weighted by atomic mass is 35.5. The van der Waals surface area contributed by atoms with Crippen LogP contribution in [-0.4, -0.2) is 39.7 Å². The van der Waals surface area contributed by atoms with Crippen LogP contribution in [0.3, 0.4) is 0 Å². The van der Waals surface area contributed by atoms with E-state index in [-0.39, 0.29) is 17.6 Å². The second-order valence-corrected chi connectivity index (χ2v) is 19.1. The topological polar surface area (TPSA) is 95.2 Å². The Morgan fingerprint density at radius 2 is 1.42 bits per heavy atom. The van der Waals surface area contributed by atoms with Gasteiger partial charge in [-0.3, -0.25) is 19.6 Å². The van der Waals surface area contributed by atoms with Crippen molar-refractivity contribution in [2.24, 2.45) is 0 Å². The molecule has 0 aliphatic heterocycles. The number of hydrogen-bond donors (Lipinski definition) is 0. The standard InChI is InChI=1S/C27H29ClFN5.C17H15FN2.C12H17N.C2H6/c1-5-18(10-15(2)19-13-30-34(14-19)21-7-8-21)25-12-23(22-9-6-20(28)11-24(22)29)26-27(33-25)32-17(4)16(3)31-26;1-10-4-5-13(15(18)8-10)17-14-9-11(2)12(3)20-16(14)6-7-19-17;1-10-9-12(7-8-13-10)11-5-3-2-4-6-11;1-2/h6,9,11-15,18,21H,5,7-8,10H2,1-4H3;4-9H,1-3H3;7-9,11H,2-6H2,1H3;1-2H3. The number of aryl methyl sites for hydroxylation is 6. The van der Waals surface area contributed by atoms with Gasteiger partial charge >= 0.3 is 0 Å². The lowest BCUT2D eigenvalue weighted by Gasteiger charge is -2.21. The number of benzene rings is 2. The van der Waals surface area contributed by atoms with Gasteiger partial charge in [-0.2, -0.15) is 5.10 Å². The SMILES string of the molecule is CC.CCC(CC(C)c1cnn(C2CC2)c1)c1cc(-c2ccc(Cl)cc2F)c2nc(C)c(C)nc2n1.Cc1cc(C2CCCCC2)ccn1.Cc1ccc(-c2nccc3nc(C)c(C)cc23)c(F)c1. The maximum absolute atomic E-state index is 15.0. The van der Waals surface area contributed by atoms with E-state index in [1.165, 1.54) is 68.2 Å². The van der Waals surface area contributed by atoms with Crippen molar-refractivity contribution in [1.29, 1.82) is 0 Å². The Morgan fingerprint density at radius 3 is 2.12 bits per heavy atom. The highest BCUT2D eigenvalue weighted by Gasteiger charge is 2.26. The van der Waals surface area contributed by atoms with Crippen LogP contribution in [0.15, 0.2) is 91.5 Å². The van der Waals surface area contributed by atoms with Crippen LogP contribution in [0, 0.1) is 53.2 Å². The molecule has 0 amide bonds. The Morgan fingerprint density at radius 1 is 0.710 bits per heavy atom. The van der Waals surface area contributed by atoms with Crippen molar-refractivity contribution < 1.29 is 8.78 Å².